The molecule has 6 heteroatoms. The van der Waals surface area contributed by atoms with E-state index in [9.17, 15) is 4.79 Å². The van der Waals surface area contributed by atoms with Crippen molar-refractivity contribution < 1.29 is 4.79 Å². The van der Waals surface area contributed by atoms with Crippen molar-refractivity contribution in [1.82, 2.24) is 4.98 Å². The monoisotopic (exact) mass is 325 g/mol. The Balaban J connectivity index is 1.86. The highest BCUT2D eigenvalue weighted by Gasteiger charge is 2.11. The van der Waals surface area contributed by atoms with Crippen LogP contribution in [-0.4, -0.2) is 17.1 Å². The molecule has 0 aliphatic heterocycles. The largest absolute Gasteiger partial charge is 0.298 e. The minimum absolute atomic E-state index is 0.228. The molecule has 108 valence electrons. The van der Waals surface area contributed by atoms with Crippen molar-refractivity contribution in [1.29, 1.82) is 5.26 Å². The Morgan fingerprint density at radius 3 is 2.73 bits per heavy atom. The fourth-order valence-corrected chi connectivity index (χ4v) is 3.52. The number of fused-ring (bicyclic) bond motifs is 1. The van der Waals surface area contributed by atoms with Gasteiger partial charge >= 0.3 is 0 Å². The number of thiazole rings is 1. The lowest BCUT2D eigenvalue weighted by Gasteiger charge is -2.01. The van der Waals surface area contributed by atoms with Gasteiger partial charge < -0.3 is 0 Å². The molecule has 0 unspecified atom stereocenters. The first-order valence-corrected chi connectivity index (χ1v) is 8.50. The summed E-state index contributed by atoms with van der Waals surface area (Å²) in [5.41, 5.74) is 1.94. The van der Waals surface area contributed by atoms with Gasteiger partial charge in [0.2, 0.25) is 0 Å². The highest BCUT2D eigenvalue weighted by molar-refractivity contribution is 7.98. The van der Waals surface area contributed by atoms with Crippen LogP contribution >= 0.6 is 23.1 Å². The summed E-state index contributed by atoms with van der Waals surface area (Å²) in [6, 6.07) is 14.5. The molecule has 0 bridgehead atoms. The van der Waals surface area contributed by atoms with E-state index >= 15 is 0 Å². The molecule has 0 saturated heterocycles. The van der Waals surface area contributed by atoms with Crippen molar-refractivity contribution in [3.8, 4) is 6.07 Å². The molecule has 0 radical (unpaired) electrons. The molecule has 1 amide bonds. The summed E-state index contributed by atoms with van der Waals surface area (Å²) in [7, 11) is 0. The first-order valence-electron chi connectivity index (χ1n) is 6.46. The first-order chi connectivity index (χ1) is 10.7. The average Bonchev–Trinajstić information content (AvgIpc) is 2.97. The molecular weight excluding hydrogens is 314 g/mol. The zero-order chi connectivity index (χ0) is 15.5. The number of nitriles is 1. The Labute approximate surface area is 135 Å². The van der Waals surface area contributed by atoms with E-state index in [1.165, 1.54) is 11.3 Å². The molecule has 0 atom stereocenters. The molecule has 1 heterocycles. The van der Waals surface area contributed by atoms with E-state index < -0.39 is 0 Å². The zero-order valence-electron chi connectivity index (χ0n) is 11.7. The molecule has 3 aromatic rings. The van der Waals surface area contributed by atoms with Crippen molar-refractivity contribution in [3.63, 3.8) is 0 Å². The molecule has 4 nitrogen and oxygen atoms in total. The van der Waals surface area contributed by atoms with Gasteiger partial charge in [0.05, 0.1) is 21.8 Å². The normalized spacial score (nSPS) is 10.4. The number of anilines is 1. The number of nitrogens with one attached hydrogen (secondary N) is 1. The average molecular weight is 325 g/mol. The number of amides is 1. The van der Waals surface area contributed by atoms with Gasteiger partial charge in [-0.1, -0.05) is 17.4 Å². The fourth-order valence-electron chi connectivity index (χ4n) is 2.01. The van der Waals surface area contributed by atoms with Crippen LogP contribution in [0.5, 0.6) is 0 Å². The molecule has 0 saturated carbocycles. The smallest absolute Gasteiger partial charge is 0.257 e. The first kappa shape index (κ1) is 14.6. The van der Waals surface area contributed by atoms with E-state index in [1.807, 2.05) is 30.5 Å². The van der Waals surface area contributed by atoms with Crippen LogP contribution in [-0.2, 0) is 0 Å². The molecule has 0 aliphatic rings. The lowest BCUT2D eigenvalue weighted by Crippen LogP contribution is -2.11. The molecule has 0 aliphatic carbocycles. The van der Waals surface area contributed by atoms with E-state index in [1.54, 1.807) is 36.0 Å². The number of carbonyl (C=O) groups is 1. The third kappa shape index (κ3) is 2.82. The Morgan fingerprint density at radius 2 is 2.05 bits per heavy atom. The fraction of sp³-hybridized carbons (Fsp3) is 0.0625. The number of thioether (sulfide) groups is 1. The van der Waals surface area contributed by atoms with Crippen molar-refractivity contribution in [2.24, 2.45) is 0 Å². The summed E-state index contributed by atoms with van der Waals surface area (Å²) >= 11 is 3.08. The van der Waals surface area contributed by atoms with Crippen LogP contribution in [0.25, 0.3) is 10.2 Å². The molecule has 1 aromatic heterocycles. The lowest BCUT2D eigenvalue weighted by atomic mass is 10.1. The lowest BCUT2D eigenvalue weighted by molar-refractivity contribution is 0.102. The van der Waals surface area contributed by atoms with E-state index in [-0.39, 0.29) is 5.91 Å². The van der Waals surface area contributed by atoms with Crippen molar-refractivity contribution in [2.75, 3.05) is 11.6 Å². The molecule has 1 N–H and O–H groups in total. The van der Waals surface area contributed by atoms with Gasteiger partial charge in [0.15, 0.2) is 5.13 Å². The SMILES string of the molecule is CSc1cccc2sc(NC(=O)c3ccc(C#N)cc3)nc12. The highest BCUT2D eigenvalue weighted by atomic mass is 32.2. The standard InChI is InChI=1S/C16H11N3OS2/c1-21-12-3-2-4-13-14(12)18-16(22-13)19-15(20)11-7-5-10(9-17)6-8-11/h2-8H,1H3,(H,18,19,20). The van der Waals surface area contributed by atoms with Gasteiger partial charge in [-0.3, -0.25) is 10.1 Å². The number of hydrogen-bond donors (Lipinski definition) is 1. The van der Waals surface area contributed by atoms with Crippen LogP contribution in [0, 0.1) is 11.3 Å². The van der Waals surface area contributed by atoms with Gasteiger partial charge in [0.1, 0.15) is 0 Å². The predicted molar refractivity (Wildman–Crippen MR) is 90.5 cm³/mol. The Hall–Kier alpha value is -2.36. The number of rotatable bonds is 3. The molecule has 0 fully saturated rings. The van der Waals surface area contributed by atoms with Gasteiger partial charge in [-0.25, -0.2) is 4.98 Å². The van der Waals surface area contributed by atoms with Crippen molar-refractivity contribution in [2.45, 2.75) is 4.90 Å². The van der Waals surface area contributed by atoms with Crippen molar-refractivity contribution in [3.05, 3.63) is 53.6 Å². The summed E-state index contributed by atoms with van der Waals surface area (Å²) in [4.78, 5) is 17.8. The topological polar surface area (TPSA) is 65.8 Å². The molecule has 2 aromatic carbocycles. The van der Waals surface area contributed by atoms with Crippen molar-refractivity contribution >= 4 is 44.4 Å². The Kier molecular flexibility index (Phi) is 4.09. The summed E-state index contributed by atoms with van der Waals surface area (Å²) in [6.07, 6.45) is 2.00. The highest BCUT2D eigenvalue weighted by Crippen LogP contribution is 2.32. The van der Waals surface area contributed by atoms with Crippen LogP contribution in [0.3, 0.4) is 0 Å². The van der Waals surface area contributed by atoms with Crippen LogP contribution in [0.15, 0.2) is 47.4 Å². The summed E-state index contributed by atoms with van der Waals surface area (Å²) in [5.74, 6) is -0.228. The van der Waals surface area contributed by atoms with Gasteiger partial charge in [-0.2, -0.15) is 5.26 Å². The quantitative estimate of drug-likeness (QED) is 0.735. The third-order valence-electron chi connectivity index (χ3n) is 3.10. The maximum absolute atomic E-state index is 12.2. The summed E-state index contributed by atoms with van der Waals surface area (Å²) in [5, 5.41) is 12.2. The van der Waals surface area contributed by atoms with Crippen LogP contribution in [0.4, 0.5) is 5.13 Å². The second kappa shape index (κ2) is 6.18. The van der Waals surface area contributed by atoms with E-state index in [0.717, 1.165) is 15.1 Å². The number of para-hydroxylation sites is 1. The molecule has 3 rings (SSSR count). The van der Waals surface area contributed by atoms with Gasteiger partial charge in [0.25, 0.3) is 5.91 Å². The summed E-state index contributed by atoms with van der Waals surface area (Å²) < 4.78 is 1.04. The molecule has 0 spiro atoms. The Bertz CT molecular complexity index is 879. The van der Waals surface area contributed by atoms with Gasteiger partial charge in [0, 0.05) is 10.5 Å². The summed E-state index contributed by atoms with van der Waals surface area (Å²) in [6.45, 7) is 0. The second-order valence-electron chi connectivity index (χ2n) is 4.47. The van der Waals surface area contributed by atoms with Crippen LogP contribution in [0.2, 0.25) is 0 Å². The molecular formula is C16H11N3OS2. The minimum atomic E-state index is -0.228. The van der Waals surface area contributed by atoms with Gasteiger partial charge in [-0.15, -0.1) is 11.8 Å². The van der Waals surface area contributed by atoms with Gasteiger partial charge in [-0.05, 0) is 42.7 Å². The number of aromatic nitrogens is 1. The maximum atomic E-state index is 12.2. The predicted octanol–water partition coefficient (Wildman–Crippen LogP) is 4.14. The van der Waals surface area contributed by atoms with E-state index in [0.29, 0.717) is 16.3 Å². The van der Waals surface area contributed by atoms with E-state index in [2.05, 4.69) is 10.3 Å². The molecule has 22 heavy (non-hydrogen) atoms. The zero-order valence-corrected chi connectivity index (χ0v) is 13.3. The Morgan fingerprint density at radius 1 is 1.27 bits per heavy atom. The second-order valence-corrected chi connectivity index (χ2v) is 6.35. The number of hydrogen-bond acceptors (Lipinski definition) is 5. The third-order valence-corrected chi connectivity index (χ3v) is 4.80. The van der Waals surface area contributed by atoms with Crippen LogP contribution < -0.4 is 5.32 Å². The maximum Gasteiger partial charge on any atom is 0.257 e. The van der Waals surface area contributed by atoms with Crippen LogP contribution in [0.1, 0.15) is 15.9 Å². The number of carbonyl (C=O) groups excluding carboxylic acids is 1. The number of benzene rings is 2. The van der Waals surface area contributed by atoms with E-state index in [4.69, 9.17) is 5.26 Å². The number of nitrogens with zero attached hydrogens (tertiary/aromatic N) is 2. The minimum Gasteiger partial charge on any atom is -0.298 e.